The van der Waals surface area contributed by atoms with E-state index in [1.165, 1.54) is 6.07 Å². The summed E-state index contributed by atoms with van der Waals surface area (Å²) in [5.74, 6) is 1.90. The Balaban J connectivity index is 1.18. The van der Waals surface area contributed by atoms with E-state index in [4.69, 9.17) is 14.2 Å². The summed E-state index contributed by atoms with van der Waals surface area (Å²) in [5, 5.41) is 11.6. The zero-order chi connectivity index (χ0) is 23.7. The van der Waals surface area contributed by atoms with E-state index in [9.17, 15) is 14.9 Å². The molecule has 9 nitrogen and oxygen atoms in total. The number of amides is 1. The number of carbonyl (C=O) groups is 1. The molecule has 9 heteroatoms. The maximum absolute atomic E-state index is 12.9. The van der Waals surface area contributed by atoms with Gasteiger partial charge in [0.05, 0.1) is 24.5 Å². The number of fused-ring (bicyclic) bond motifs is 1. The second-order valence-corrected chi connectivity index (χ2v) is 9.46. The summed E-state index contributed by atoms with van der Waals surface area (Å²) in [4.78, 5) is 28.4. The summed E-state index contributed by atoms with van der Waals surface area (Å²) < 4.78 is 16.0. The fourth-order valence-corrected chi connectivity index (χ4v) is 5.38. The largest absolute Gasteiger partial charge is 0.497 e. The summed E-state index contributed by atoms with van der Waals surface area (Å²) in [6, 6.07) is 10.9. The minimum atomic E-state index is -0.352. The average Bonchev–Trinajstić information content (AvgIpc) is 3.45. The third-order valence-corrected chi connectivity index (χ3v) is 7.35. The van der Waals surface area contributed by atoms with Gasteiger partial charge in [0.15, 0.2) is 11.5 Å². The van der Waals surface area contributed by atoms with E-state index in [1.807, 2.05) is 29.2 Å². The van der Waals surface area contributed by atoms with Gasteiger partial charge in [0.1, 0.15) is 5.75 Å². The molecule has 2 fully saturated rings. The highest BCUT2D eigenvalue weighted by atomic mass is 16.7. The first kappa shape index (κ1) is 22.5. The predicted octanol–water partition coefficient (Wildman–Crippen LogP) is 3.39. The Kier molecular flexibility index (Phi) is 6.03. The van der Waals surface area contributed by atoms with Gasteiger partial charge in [0.2, 0.25) is 12.7 Å². The number of hydrogen-bond donors (Lipinski definition) is 0. The van der Waals surface area contributed by atoms with Crippen molar-refractivity contribution in [2.24, 2.45) is 5.41 Å². The first-order valence-electron chi connectivity index (χ1n) is 11.6. The number of piperidine rings is 1. The van der Waals surface area contributed by atoms with Crippen LogP contribution in [0.25, 0.3) is 0 Å². The van der Waals surface area contributed by atoms with E-state index in [2.05, 4.69) is 4.90 Å². The lowest BCUT2D eigenvalue weighted by molar-refractivity contribution is -0.385. The third-order valence-electron chi connectivity index (χ3n) is 7.35. The van der Waals surface area contributed by atoms with Gasteiger partial charge in [-0.1, -0.05) is 12.1 Å². The second kappa shape index (κ2) is 9.13. The maximum Gasteiger partial charge on any atom is 0.277 e. The van der Waals surface area contributed by atoms with Crippen molar-refractivity contribution in [2.75, 3.05) is 40.1 Å². The van der Waals surface area contributed by atoms with E-state index in [0.717, 1.165) is 56.8 Å². The average molecular weight is 468 g/mol. The molecule has 3 aliphatic rings. The van der Waals surface area contributed by atoms with E-state index in [-0.39, 0.29) is 28.7 Å². The van der Waals surface area contributed by atoms with Crippen LogP contribution in [-0.4, -0.2) is 60.7 Å². The number of likely N-dealkylation sites (tertiary alicyclic amines) is 2. The smallest absolute Gasteiger partial charge is 0.277 e. The molecule has 2 aromatic carbocycles. The highest BCUT2D eigenvalue weighted by molar-refractivity contribution is 5.79. The molecule has 0 radical (unpaired) electrons. The van der Waals surface area contributed by atoms with Crippen LogP contribution in [0.4, 0.5) is 5.69 Å². The van der Waals surface area contributed by atoms with E-state index in [1.54, 1.807) is 13.2 Å². The molecule has 3 aliphatic heterocycles. The Labute approximate surface area is 198 Å². The van der Waals surface area contributed by atoms with Crippen LogP contribution in [0.15, 0.2) is 36.4 Å². The Morgan fingerprint density at radius 2 is 1.85 bits per heavy atom. The highest BCUT2D eigenvalue weighted by Crippen LogP contribution is 2.43. The topological polar surface area (TPSA) is 94.4 Å². The van der Waals surface area contributed by atoms with Crippen LogP contribution in [-0.2, 0) is 17.8 Å². The molecule has 2 aromatic rings. The standard InChI is InChI=1S/C25H29N3O6/c1-32-20-4-2-3-18(11-20)12-24(29)27-9-6-25(7-10-27)5-8-26(16-25)15-19-13-22-23(34-17-33-22)14-21(19)28(30)31/h2-4,11,13-14H,5-10,12,15-17H2,1H3. The quantitative estimate of drug-likeness (QED) is 0.475. The van der Waals surface area contributed by atoms with Gasteiger partial charge in [-0.2, -0.15) is 0 Å². The zero-order valence-electron chi connectivity index (χ0n) is 19.3. The first-order valence-corrected chi connectivity index (χ1v) is 11.6. The number of nitro benzene ring substituents is 1. The molecule has 34 heavy (non-hydrogen) atoms. The second-order valence-electron chi connectivity index (χ2n) is 9.46. The predicted molar refractivity (Wildman–Crippen MR) is 124 cm³/mol. The van der Waals surface area contributed by atoms with Crippen LogP contribution in [0.1, 0.15) is 30.4 Å². The number of benzene rings is 2. The van der Waals surface area contributed by atoms with Gasteiger partial charge in [-0.05, 0) is 55.0 Å². The monoisotopic (exact) mass is 467 g/mol. The molecule has 2 saturated heterocycles. The van der Waals surface area contributed by atoms with Crippen LogP contribution in [0.3, 0.4) is 0 Å². The van der Waals surface area contributed by atoms with Gasteiger partial charge >= 0.3 is 0 Å². The Morgan fingerprint density at radius 3 is 2.59 bits per heavy atom. The van der Waals surface area contributed by atoms with E-state index >= 15 is 0 Å². The molecule has 1 amide bonds. The summed E-state index contributed by atoms with van der Waals surface area (Å²) in [6.45, 7) is 3.88. The van der Waals surface area contributed by atoms with Crippen LogP contribution in [0.2, 0.25) is 0 Å². The number of nitrogens with zero attached hydrogens (tertiary/aromatic N) is 3. The van der Waals surface area contributed by atoms with Crippen LogP contribution >= 0.6 is 0 Å². The molecule has 5 rings (SSSR count). The van der Waals surface area contributed by atoms with Crippen molar-refractivity contribution in [3.05, 3.63) is 57.6 Å². The molecule has 180 valence electrons. The van der Waals surface area contributed by atoms with E-state index in [0.29, 0.717) is 30.0 Å². The Hall–Kier alpha value is -3.33. The van der Waals surface area contributed by atoms with Crippen molar-refractivity contribution < 1.29 is 23.9 Å². The van der Waals surface area contributed by atoms with Crippen molar-refractivity contribution in [1.82, 2.24) is 9.80 Å². The number of hydrogen-bond acceptors (Lipinski definition) is 7. The van der Waals surface area contributed by atoms with Crippen LogP contribution in [0.5, 0.6) is 17.2 Å². The Bertz CT molecular complexity index is 1100. The number of nitro groups is 1. The van der Waals surface area contributed by atoms with Crippen molar-refractivity contribution in [3.8, 4) is 17.2 Å². The lowest BCUT2D eigenvalue weighted by atomic mass is 9.77. The first-order chi connectivity index (χ1) is 16.4. The van der Waals surface area contributed by atoms with Crippen LogP contribution < -0.4 is 14.2 Å². The van der Waals surface area contributed by atoms with Gasteiger partial charge in [0.25, 0.3) is 5.69 Å². The van der Waals surface area contributed by atoms with Gasteiger partial charge in [-0.15, -0.1) is 0 Å². The highest BCUT2D eigenvalue weighted by Gasteiger charge is 2.41. The number of carbonyl (C=O) groups excluding carboxylic acids is 1. The van der Waals surface area contributed by atoms with Crippen molar-refractivity contribution in [2.45, 2.75) is 32.2 Å². The number of rotatable bonds is 6. The summed E-state index contributed by atoms with van der Waals surface area (Å²) >= 11 is 0. The maximum atomic E-state index is 12.9. The molecule has 0 bridgehead atoms. The molecule has 1 spiro atoms. The number of methoxy groups -OCH3 is 1. The summed E-state index contributed by atoms with van der Waals surface area (Å²) in [6.07, 6.45) is 3.33. The van der Waals surface area contributed by atoms with Gasteiger partial charge in [0, 0.05) is 31.7 Å². The van der Waals surface area contributed by atoms with Gasteiger partial charge < -0.3 is 19.1 Å². The van der Waals surface area contributed by atoms with Crippen molar-refractivity contribution in [3.63, 3.8) is 0 Å². The molecule has 0 aliphatic carbocycles. The lowest BCUT2D eigenvalue weighted by Gasteiger charge is -2.39. The fourth-order valence-electron chi connectivity index (χ4n) is 5.38. The molecular formula is C25H29N3O6. The minimum Gasteiger partial charge on any atom is -0.497 e. The normalized spacial score (nSPS) is 18.9. The molecule has 0 atom stereocenters. The van der Waals surface area contributed by atoms with Crippen LogP contribution in [0, 0.1) is 15.5 Å². The van der Waals surface area contributed by atoms with Crippen molar-refractivity contribution in [1.29, 1.82) is 0 Å². The summed E-state index contributed by atoms with van der Waals surface area (Å²) in [7, 11) is 1.63. The summed E-state index contributed by atoms with van der Waals surface area (Å²) in [5.41, 5.74) is 1.85. The molecule has 0 N–H and O–H groups in total. The Morgan fingerprint density at radius 1 is 1.12 bits per heavy atom. The lowest BCUT2D eigenvalue weighted by Crippen LogP contribution is -2.44. The minimum absolute atomic E-state index is 0.0724. The zero-order valence-corrected chi connectivity index (χ0v) is 19.3. The molecule has 0 aromatic heterocycles. The van der Waals surface area contributed by atoms with E-state index < -0.39 is 0 Å². The molecule has 0 unspecified atom stereocenters. The number of ether oxygens (including phenoxy) is 3. The van der Waals surface area contributed by atoms with Gasteiger partial charge in [-0.25, -0.2) is 0 Å². The molecule has 3 heterocycles. The fraction of sp³-hybridized carbons (Fsp3) is 0.480. The van der Waals surface area contributed by atoms with Gasteiger partial charge in [-0.3, -0.25) is 19.8 Å². The molecular weight excluding hydrogens is 438 g/mol. The molecule has 0 saturated carbocycles. The third kappa shape index (κ3) is 4.52. The SMILES string of the molecule is COc1cccc(CC(=O)N2CCC3(CCN(Cc4cc5c(cc4[N+](=O)[O-])OCO5)C3)CC2)c1. The van der Waals surface area contributed by atoms with Crippen molar-refractivity contribution >= 4 is 11.6 Å².